The van der Waals surface area contributed by atoms with Gasteiger partial charge in [-0.3, -0.25) is 4.79 Å². The summed E-state index contributed by atoms with van der Waals surface area (Å²) in [5.41, 5.74) is 4.03. The van der Waals surface area contributed by atoms with Crippen LogP contribution in [0.2, 0.25) is 0 Å². The van der Waals surface area contributed by atoms with E-state index in [9.17, 15) is 4.79 Å². The van der Waals surface area contributed by atoms with Gasteiger partial charge in [-0.15, -0.1) is 16.4 Å². The molecule has 2 aromatic heterocycles. The van der Waals surface area contributed by atoms with Crippen LogP contribution in [0.1, 0.15) is 16.0 Å². The molecule has 2 aliphatic rings. The summed E-state index contributed by atoms with van der Waals surface area (Å²) in [5.74, 6) is 0.0847. The molecule has 1 saturated heterocycles. The standard InChI is InChI=1S/C26H24N6O3S/c1-16-15-19(25(36-16)32-11-13-34-14-12-32)24-30-31-26(35-24)29-22-23(33)27-20-10-6-5-9-18(20)21(28-22)17-7-3-2-4-8-17/h2-10,15,22H,11-14H2,1H3,(H,27,33)(H,29,31). The zero-order valence-electron chi connectivity index (χ0n) is 19.6. The minimum absolute atomic E-state index is 0.129. The van der Waals surface area contributed by atoms with Gasteiger partial charge in [0.15, 0.2) is 0 Å². The third kappa shape index (κ3) is 4.36. The molecule has 1 fully saturated rings. The number of hydrogen-bond donors (Lipinski definition) is 2. The van der Waals surface area contributed by atoms with Gasteiger partial charge in [0.1, 0.15) is 5.00 Å². The number of anilines is 3. The first-order chi connectivity index (χ1) is 17.7. The van der Waals surface area contributed by atoms with E-state index >= 15 is 0 Å². The number of amides is 1. The van der Waals surface area contributed by atoms with Crippen molar-refractivity contribution in [2.24, 2.45) is 4.99 Å². The second-order valence-corrected chi connectivity index (χ2v) is 9.75. The van der Waals surface area contributed by atoms with Crippen molar-refractivity contribution in [1.82, 2.24) is 10.2 Å². The lowest BCUT2D eigenvalue weighted by Crippen LogP contribution is -2.35. The predicted molar refractivity (Wildman–Crippen MR) is 140 cm³/mol. The Labute approximate surface area is 211 Å². The summed E-state index contributed by atoms with van der Waals surface area (Å²) in [6, 6.07) is 19.6. The highest BCUT2D eigenvalue weighted by Crippen LogP contribution is 2.39. The maximum absolute atomic E-state index is 13.1. The Balaban J connectivity index is 1.31. The number of ether oxygens (including phenoxy) is 1. The zero-order valence-corrected chi connectivity index (χ0v) is 20.4. The van der Waals surface area contributed by atoms with E-state index in [0.29, 0.717) is 30.5 Å². The number of para-hydroxylation sites is 1. The van der Waals surface area contributed by atoms with Crippen LogP contribution in [0.15, 0.2) is 70.1 Å². The average molecular weight is 501 g/mol. The number of benzene rings is 2. The summed E-state index contributed by atoms with van der Waals surface area (Å²) in [6.07, 6.45) is -0.955. The Bertz CT molecular complexity index is 1420. The van der Waals surface area contributed by atoms with Crippen molar-refractivity contribution in [3.8, 4) is 11.5 Å². The Morgan fingerprint density at radius 2 is 1.81 bits per heavy atom. The Morgan fingerprint density at radius 1 is 1.03 bits per heavy atom. The molecule has 1 amide bonds. The fourth-order valence-corrected chi connectivity index (χ4v) is 5.39. The average Bonchev–Trinajstić information content (AvgIpc) is 3.51. The molecule has 10 heteroatoms. The summed E-state index contributed by atoms with van der Waals surface area (Å²) in [5, 5.41) is 15.5. The molecule has 2 aliphatic heterocycles. The topological polar surface area (TPSA) is 105 Å². The first-order valence-corrected chi connectivity index (χ1v) is 12.5. The number of nitrogens with zero attached hydrogens (tertiary/aromatic N) is 4. The molecule has 9 nitrogen and oxygen atoms in total. The number of rotatable bonds is 5. The van der Waals surface area contributed by atoms with Gasteiger partial charge in [0, 0.05) is 29.1 Å². The number of hydrogen-bond acceptors (Lipinski definition) is 9. The maximum Gasteiger partial charge on any atom is 0.317 e. The lowest BCUT2D eigenvalue weighted by molar-refractivity contribution is -0.116. The summed E-state index contributed by atoms with van der Waals surface area (Å²) < 4.78 is 11.5. The SMILES string of the molecule is Cc1cc(-c2nnc(NC3N=C(c4ccccc4)c4ccccc4NC3=O)o2)c(N2CCOCC2)s1. The number of aliphatic imine (C=N–C) groups is 1. The normalized spacial score (nSPS) is 17.7. The fourth-order valence-electron chi connectivity index (χ4n) is 4.34. The van der Waals surface area contributed by atoms with Crippen molar-refractivity contribution in [2.45, 2.75) is 13.1 Å². The first kappa shape index (κ1) is 22.4. The molecule has 182 valence electrons. The van der Waals surface area contributed by atoms with Crippen molar-refractivity contribution in [3.63, 3.8) is 0 Å². The monoisotopic (exact) mass is 500 g/mol. The highest BCUT2D eigenvalue weighted by molar-refractivity contribution is 7.16. The van der Waals surface area contributed by atoms with Gasteiger partial charge in [-0.2, -0.15) is 0 Å². The summed E-state index contributed by atoms with van der Waals surface area (Å²) >= 11 is 1.69. The molecule has 0 bridgehead atoms. The van der Waals surface area contributed by atoms with Gasteiger partial charge in [-0.1, -0.05) is 53.6 Å². The van der Waals surface area contributed by atoms with E-state index < -0.39 is 6.17 Å². The van der Waals surface area contributed by atoms with E-state index in [0.717, 1.165) is 39.7 Å². The van der Waals surface area contributed by atoms with E-state index in [-0.39, 0.29) is 11.9 Å². The minimum atomic E-state index is -0.955. The van der Waals surface area contributed by atoms with Gasteiger partial charge >= 0.3 is 6.01 Å². The molecule has 4 heterocycles. The number of morpholine rings is 1. The van der Waals surface area contributed by atoms with Crippen LogP contribution >= 0.6 is 11.3 Å². The fraction of sp³-hybridized carbons (Fsp3) is 0.231. The second-order valence-electron chi connectivity index (χ2n) is 8.51. The molecular formula is C26H24N6O3S. The van der Waals surface area contributed by atoms with Crippen LogP contribution in [0.4, 0.5) is 16.7 Å². The van der Waals surface area contributed by atoms with Crippen LogP contribution in [0.5, 0.6) is 0 Å². The third-order valence-electron chi connectivity index (χ3n) is 6.04. The smallest absolute Gasteiger partial charge is 0.317 e. The van der Waals surface area contributed by atoms with Gasteiger partial charge in [-0.25, -0.2) is 4.99 Å². The Hall–Kier alpha value is -4.02. The number of aryl methyl sites for hydroxylation is 1. The first-order valence-electron chi connectivity index (χ1n) is 11.7. The van der Waals surface area contributed by atoms with Crippen LogP contribution in [0.25, 0.3) is 11.5 Å². The molecule has 1 atom stereocenters. The van der Waals surface area contributed by atoms with E-state index in [2.05, 4.69) is 32.7 Å². The van der Waals surface area contributed by atoms with Crippen molar-refractivity contribution < 1.29 is 13.9 Å². The predicted octanol–water partition coefficient (Wildman–Crippen LogP) is 4.17. The quantitative estimate of drug-likeness (QED) is 0.424. The molecule has 2 N–H and O–H groups in total. The lowest BCUT2D eigenvalue weighted by atomic mass is 10.0. The van der Waals surface area contributed by atoms with Crippen LogP contribution in [0, 0.1) is 6.92 Å². The van der Waals surface area contributed by atoms with Crippen LogP contribution in [-0.2, 0) is 9.53 Å². The van der Waals surface area contributed by atoms with Crippen LogP contribution in [0.3, 0.4) is 0 Å². The van der Waals surface area contributed by atoms with Gasteiger partial charge in [0.2, 0.25) is 6.17 Å². The van der Waals surface area contributed by atoms with Crippen molar-refractivity contribution in [2.75, 3.05) is 41.8 Å². The molecule has 1 unspecified atom stereocenters. The number of carbonyl (C=O) groups excluding carboxylic acids is 1. The van der Waals surface area contributed by atoms with Gasteiger partial charge in [0.05, 0.1) is 30.2 Å². The Kier molecular flexibility index (Phi) is 5.96. The number of benzodiazepines with no additional fused rings is 1. The zero-order chi connectivity index (χ0) is 24.5. The summed E-state index contributed by atoms with van der Waals surface area (Å²) in [7, 11) is 0. The largest absolute Gasteiger partial charge is 0.403 e. The highest BCUT2D eigenvalue weighted by atomic mass is 32.1. The molecule has 4 aromatic rings. The van der Waals surface area contributed by atoms with E-state index in [4.69, 9.17) is 14.1 Å². The molecule has 0 aliphatic carbocycles. The van der Waals surface area contributed by atoms with E-state index in [1.165, 1.54) is 0 Å². The number of aromatic nitrogens is 2. The van der Waals surface area contributed by atoms with Crippen molar-refractivity contribution in [1.29, 1.82) is 0 Å². The molecule has 0 spiro atoms. The number of carbonyl (C=O) groups is 1. The maximum atomic E-state index is 13.1. The molecule has 0 radical (unpaired) electrons. The molecular weight excluding hydrogens is 476 g/mol. The molecule has 36 heavy (non-hydrogen) atoms. The lowest BCUT2D eigenvalue weighted by Gasteiger charge is -2.28. The van der Waals surface area contributed by atoms with Gasteiger partial charge < -0.3 is 24.7 Å². The number of thiophene rings is 1. The Morgan fingerprint density at radius 3 is 2.64 bits per heavy atom. The minimum Gasteiger partial charge on any atom is -0.403 e. The number of nitrogens with one attached hydrogen (secondary N) is 2. The number of fused-ring (bicyclic) bond motifs is 1. The van der Waals surface area contributed by atoms with E-state index in [1.54, 1.807) is 11.3 Å². The highest BCUT2D eigenvalue weighted by Gasteiger charge is 2.28. The molecule has 0 saturated carbocycles. The van der Waals surface area contributed by atoms with E-state index in [1.807, 2.05) is 60.7 Å². The van der Waals surface area contributed by atoms with Gasteiger partial charge in [-0.05, 0) is 19.1 Å². The van der Waals surface area contributed by atoms with Gasteiger partial charge in [0.25, 0.3) is 11.8 Å². The van der Waals surface area contributed by atoms with Crippen molar-refractivity contribution in [3.05, 3.63) is 76.7 Å². The molecule has 6 rings (SSSR count). The summed E-state index contributed by atoms with van der Waals surface area (Å²) in [6.45, 7) is 5.06. The second kappa shape index (κ2) is 9.56. The molecule has 2 aromatic carbocycles. The third-order valence-corrected chi connectivity index (χ3v) is 7.15. The van der Waals surface area contributed by atoms with Crippen LogP contribution < -0.4 is 15.5 Å². The van der Waals surface area contributed by atoms with Crippen molar-refractivity contribution >= 4 is 39.7 Å². The summed E-state index contributed by atoms with van der Waals surface area (Å²) in [4.78, 5) is 21.3. The van der Waals surface area contributed by atoms with Crippen LogP contribution in [-0.4, -0.2) is 54.3 Å².